The van der Waals surface area contributed by atoms with Crippen molar-refractivity contribution >= 4 is 0 Å². The van der Waals surface area contributed by atoms with Gasteiger partial charge in [0.2, 0.25) is 0 Å². The molecule has 1 aliphatic rings. The summed E-state index contributed by atoms with van der Waals surface area (Å²) in [6, 6.07) is 10.5. The maximum Gasteiger partial charge on any atom is 0.0320 e. The first-order valence-corrected chi connectivity index (χ1v) is 7.63. The van der Waals surface area contributed by atoms with E-state index in [0.717, 1.165) is 18.4 Å². The third-order valence-electron chi connectivity index (χ3n) is 4.20. The van der Waals surface area contributed by atoms with Crippen molar-refractivity contribution in [2.24, 2.45) is 5.92 Å². The van der Waals surface area contributed by atoms with E-state index in [1.807, 2.05) is 0 Å². The highest BCUT2D eigenvalue weighted by Gasteiger charge is 2.36. The van der Waals surface area contributed by atoms with E-state index in [9.17, 15) is 0 Å². The molecule has 1 aromatic carbocycles. The minimum absolute atomic E-state index is 0.544. The van der Waals surface area contributed by atoms with Crippen molar-refractivity contribution in [2.75, 3.05) is 0 Å². The van der Waals surface area contributed by atoms with Gasteiger partial charge >= 0.3 is 0 Å². The first-order valence-electron chi connectivity index (χ1n) is 7.63. The Labute approximate surface area is 112 Å². The Morgan fingerprint density at radius 3 is 2.44 bits per heavy atom. The highest BCUT2D eigenvalue weighted by atomic mass is 15.0. The van der Waals surface area contributed by atoms with Crippen molar-refractivity contribution in [3.8, 4) is 0 Å². The molecule has 3 atom stereocenters. The lowest BCUT2D eigenvalue weighted by atomic mass is 10.0. The van der Waals surface area contributed by atoms with Crippen molar-refractivity contribution in [1.82, 2.24) is 5.32 Å². The Morgan fingerprint density at radius 2 is 1.89 bits per heavy atom. The number of nitrogens with one attached hydrogen (secondary N) is 1. The molecular weight excluding hydrogens is 218 g/mol. The van der Waals surface area contributed by atoms with Crippen LogP contribution < -0.4 is 5.32 Å². The molecule has 1 N–H and O–H groups in total. The maximum absolute atomic E-state index is 3.83. The standard InChI is InChI=1S/C17H27N/c1-4-7-15-12-17(15)18-16(6-3)14-10-8-13(5-2)9-11-14/h8-11,15-18H,4-7,12H2,1-3H3. The fourth-order valence-corrected chi connectivity index (χ4v) is 2.84. The minimum atomic E-state index is 0.544. The average molecular weight is 245 g/mol. The molecule has 1 aliphatic carbocycles. The van der Waals surface area contributed by atoms with E-state index in [4.69, 9.17) is 0 Å². The van der Waals surface area contributed by atoms with Crippen LogP contribution in [0.25, 0.3) is 0 Å². The topological polar surface area (TPSA) is 12.0 Å². The monoisotopic (exact) mass is 245 g/mol. The number of hydrogen-bond donors (Lipinski definition) is 1. The van der Waals surface area contributed by atoms with Crippen LogP contribution in [0.4, 0.5) is 0 Å². The zero-order valence-corrected chi connectivity index (χ0v) is 12.1. The van der Waals surface area contributed by atoms with Crippen molar-refractivity contribution in [3.63, 3.8) is 0 Å². The number of aryl methyl sites for hydroxylation is 1. The van der Waals surface area contributed by atoms with Gasteiger partial charge in [-0.25, -0.2) is 0 Å². The van der Waals surface area contributed by atoms with Crippen LogP contribution in [-0.2, 0) is 6.42 Å². The zero-order chi connectivity index (χ0) is 13.0. The van der Waals surface area contributed by atoms with Gasteiger partial charge in [-0.05, 0) is 42.7 Å². The summed E-state index contributed by atoms with van der Waals surface area (Å²) in [5.41, 5.74) is 2.89. The molecule has 1 heteroatoms. The summed E-state index contributed by atoms with van der Waals surface area (Å²) in [6.45, 7) is 6.78. The first kappa shape index (κ1) is 13.6. The molecule has 0 radical (unpaired) electrons. The highest BCUT2D eigenvalue weighted by Crippen LogP contribution is 2.36. The Morgan fingerprint density at radius 1 is 1.17 bits per heavy atom. The van der Waals surface area contributed by atoms with Gasteiger partial charge in [-0.15, -0.1) is 0 Å². The fourth-order valence-electron chi connectivity index (χ4n) is 2.84. The Bertz CT molecular complexity index is 354. The average Bonchev–Trinajstić information content (AvgIpc) is 3.15. The Balaban J connectivity index is 1.91. The van der Waals surface area contributed by atoms with E-state index < -0.39 is 0 Å². The molecule has 1 aromatic rings. The first-order chi connectivity index (χ1) is 8.78. The van der Waals surface area contributed by atoms with Crippen molar-refractivity contribution < 1.29 is 0 Å². The molecular formula is C17H27N. The zero-order valence-electron chi connectivity index (χ0n) is 12.1. The van der Waals surface area contributed by atoms with Crippen LogP contribution in [0.1, 0.15) is 63.6 Å². The second kappa shape index (κ2) is 6.38. The van der Waals surface area contributed by atoms with Gasteiger partial charge in [0.05, 0.1) is 0 Å². The summed E-state index contributed by atoms with van der Waals surface area (Å²) in [4.78, 5) is 0. The molecule has 1 fully saturated rings. The van der Waals surface area contributed by atoms with Gasteiger partial charge in [0.25, 0.3) is 0 Å². The SMILES string of the molecule is CCCC1CC1NC(CC)c1ccc(CC)cc1. The van der Waals surface area contributed by atoms with Crippen molar-refractivity contribution in [3.05, 3.63) is 35.4 Å². The molecule has 0 amide bonds. The molecule has 0 heterocycles. The predicted octanol–water partition coefficient (Wildman–Crippen LogP) is 4.48. The molecule has 1 nitrogen and oxygen atoms in total. The summed E-state index contributed by atoms with van der Waals surface area (Å²) >= 11 is 0. The van der Waals surface area contributed by atoms with E-state index in [1.54, 1.807) is 0 Å². The molecule has 100 valence electrons. The number of benzene rings is 1. The molecule has 1 saturated carbocycles. The van der Waals surface area contributed by atoms with E-state index in [2.05, 4.69) is 50.4 Å². The summed E-state index contributed by atoms with van der Waals surface area (Å²) in [7, 11) is 0. The maximum atomic E-state index is 3.83. The van der Waals surface area contributed by atoms with Gasteiger partial charge < -0.3 is 5.32 Å². The van der Waals surface area contributed by atoms with Gasteiger partial charge in [0.15, 0.2) is 0 Å². The Hall–Kier alpha value is -0.820. The van der Waals surface area contributed by atoms with Crippen molar-refractivity contribution in [2.45, 2.75) is 65.0 Å². The van der Waals surface area contributed by atoms with E-state index in [-0.39, 0.29) is 0 Å². The van der Waals surface area contributed by atoms with E-state index in [0.29, 0.717) is 6.04 Å². The molecule has 0 bridgehead atoms. The molecule has 3 unspecified atom stereocenters. The van der Waals surface area contributed by atoms with Crippen molar-refractivity contribution in [1.29, 1.82) is 0 Å². The summed E-state index contributed by atoms with van der Waals surface area (Å²) in [5, 5.41) is 3.83. The summed E-state index contributed by atoms with van der Waals surface area (Å²) in [6.07, 6.45) is 6.41. The van der Waals surface area contributed by atoms with Gasteiger partial charge in [-0.2, -0.15) is 0 Å². The highest BCUT2D eigenvalue weighted by molar-refractivity contribution is 5.25. The Kier molecular flexibility index (Phi) is 4.82. The molecule has 0 aliphatic heterocycles. The quantitative estimate of drug-likeness (QED) is 0.747. The summed E-state index contributed by atoms with van der Waals surface area (Å²) < 4.78 is 0. The predicted molar refractivity (Wildman–Crippen MR) is 78.8 cm³/mol. The molecule has 0 saturated heterocycles. The number of rotatable bonds is 7. The third-order valence-corrected chi connectivity index (χ3v) is 4.20. The normalized spacial score (nSPS) is 23.9. The second-order valence-electron chi connectivity index (χ2n) is 5.61. The molecule has 0 aromatic heterocycles. The van der Waals surface area contributed by atoms with Crippen LogP contribution in [0.3, 0.4) is 0 Å². The smallest absolute Gasteiger partial charge is 0.0320 e. The van der Waals surface area contributed by atoms with E-state index >= 15 is 0 Å². The summed E-state index contributed by atoms with van der Waals surface area (Å²) in [5.74, 6) is 0.943. The van der Waals surface area contributed by atoms with Crippen LogP contribution in [0.5, 0.6) is 0 Å². The van der Waals surface area contributed by atoms with Gasteiger partial charge in [-0.1, -0.05) is 51.5 Å². The number of hydrogen-bond acceptors (Lipinski definition) is 1. The van der Waals surface area contributed by atoms with Gasteiger partial charge in [0, 0.05) is 12.1 Å². The lowest BCUT2D eigenvalue weighted by Gasteiger charge is -2.18. The van der Waals surface area contributed by atoms with E-state index in [1.165, 1.54) is 36.8 Å². The lowest BCUT2D eigenvalue weighted by Crippen LogP contribution is -2.24. The van der Waals surface area contributed by atoms with Crippen LogP contribution in [0.2, 0.25) is 0 Å². The van der Waals surface area contributed by atoms with Crippen LogP contribution in [0.15, 0.2) is 24.3 Å². The van der Waals surface area contributed by atoms with Crippen LogP contribution in [-0.4, -0.2) is 6.04 Å². The lowest BCUT2D eigenvalue weighted by molar-refractivity contribution is 0.489. The van der Waals surface area contributed by atoms with Crippen LogP contribution >= 0.6 is 0 Å². The third kappa shape index (κ3) is 3.35. The molecule has 0 spiro atoms. The van der Waals surface area contributed by atoms with Crippen LogP contribution in [0, 0.1) is 5.92 Å². The fraction of sp³-hybridized carbons (Fsp3) is 0.647. The molecule has 2 rings (SSSR count). The van der Waals surface area contributed by atoms with Gasteiger partial charge in [-0.3, -0.25) is 0 Å². The second-order valence-corrected chi connectivity index (χ2v) is 5.61. The van der Waals surface area contributed by atoms with Gasteiger partial charge in [0.1, 0.15) is 0 Å². The minimum Gasteiger partial charge on any atom is -0.307 e. The molecule has 18 heavy (non-hydrogen) atoms. The largest absolute Gasteiger partial charge is 0.307 e.